The fourth-order valence-electron chi connectivity index (χ4n) is 1.02. The molecular formula is C7H10N6O. The molecular weight excluding hydrogens is 184 g/mol. The second kappa shape index (κ2) is 3.54. The van der Waals surface area contributed by atoms with Crippen LogP contribution in [0.2, 0.25) is 0 Å². The van der Waals surface area contributed by atoms with Gasteiger partial charge < -0.3 is 10.4 Å². The smallest absolute Gasteiger partial charge is 0.200 e. The van der Waals surface area contributed by atoms with Crippen LogP contribution in [0.15, 0.2) is 12.1 Å². The summed E-state index contributed by atoms with van der Waals surface area (Å²) in [6.45, 7) is 1.90. The SMILES string of the molecule is CC(CO)Nc1ccc2nnnn2n1. The van der Waals surface area contributed by atoms with Gasteiger partial charge in [-0.05, 0) is 29.5 Å². The van der Waals surface area contributed by atoms with Crippen molar-refractivity contribution in [3.8, 4) is 0 Å². The molecule has 0 amide bonds. The average Bonchev–Trinajstić information content (AvgIpc) is 2.64. The monoisotopic (exact) mass is 194 g/mol. The topological polar surface area (TPSA) is 88.2 Å². The van der Waals surface area contributed by atoms with Gasteiger partial charge >= 0.3 is 0 Å². The molecule has 1 unspecified atom stereocenters. The molecule has 0 bridgehead atoms. The molecule has 1 atom stereocenters. The number of hydrogen-bond donors (Lipinski definition) is 2. The Balaban J connectivity index is 2.25. The van der Waals surface area contributed by atoms with Gasteiger partial charge in [0.1, 0.15) is 5.82 Å². The van der Waals surface area contributed by atoms with Crippen LogP contribution in [0, 0.1) is 0 Å². The first-order chi connectivity index (χ1) is 6.79. The lowest BCUT2D eigenvalue weighted by Crippen LogP contribution is -2.20. The van der Waals surface area contributed by atoms with Crippen molar-refractivity contribution in [3.05, 3.63) is 12.1 Å². The van der Waals surface area contributed by atoms with Crippen LogP contribution in [0.3, 0.4) is 0 Å². The minimum absolute atomic E-state index is 0.0450. The molecule has 0 fully saturated rings. The van der Waals surface area contributed by atoms with Crippen LogP contribution < -0.4 is 5.32 Å². The third-order valence-electron chi connectivity index (χ3n) is 1.74. The molecule has 0 aliphatic carbocycles. The lowest BCUT2D eigenvalue weighted by molar-refractivity contribution is 0.281. The first-order valence-electron chi connectivity index (χ1n) is 4.22. The van der Waals surface area contributed by atoms with Crippen LogP contribution in [0.4, 0.5) is 5.82 Å². The molecule has 14 heavy (non-hydrogen) atoms. The van der Waals surface area contributed by atoms with Gasteiger partial charge in [-0.25, -0.2) is 0 Å². The minimum atomic E-state index is -0.0450. The zero-order valence-electron chi connectivity index (χ0n) is 7.62. The van der Waals surface area contributed by atoms with Crippen molar-refractivity contribution in [1.29, 1.82) is 0 Å². The number of nitrogens with one attached hydrogen (secondary N) is 1. The molecule has 0 aliphatic heterocycles. The Bertz CT molecular complexity index is 427. The van der Waals surface area contributed by atoms with Gasteiger partial charge in [-0.1, -0.05) is 0 Å². The third kappa shape index (κ3) is 1.62. The van der Waals surface area contributed by atoms with E-state index >= 15 is 0 Å². The van der Waals surface area contributed by atoms with E-state index in [0.29, 0.717) is 11.5 Å². The van der Waals surface area contributed by atoms with Gasteiger partial charge in [0, 0.05) is 6.04 Å². The highest BCUT2D eigenvalue weighted by Gasteiger charge is 2.03. The molecule has 0 saturated carbocycles. The summed E-state index contributed by atoms with van der Waals surface area (Å²) in [5.41, 5.74) is 0.590. The van der Waals surface area contributed by atoms with Gasteiger partial charge in [0.15, 0.2) is 5.65 Å². The number of nitrogens with zero attached hydrogens (tertiary/aromatic N) is 5. The molecule has 7 heteroatoms. The molecule has 0 aliphatic rings. The van der Waals surface area contributed by atoms with Crippen LogP contribution in [-0.2, 0) is 0 Å². The van der Waals surface area contributed by atoms with Gasteiger partial charge in [0.05, 0.1) is 6.61 Å². The molecule has 74 valence electrons. The number of fused-ring (bicyclic) bond motifs is 1. The Kier molecular flexibility index (Phi) is 2.23. The highest BCUT2D eigenvalue weighted by Crippen LogP contribution is 2.04. The minimum Gasteiger partial charge on any atom is -0.394 e. The molecule has 0 saturated heterocycles. The maximum atomic E-state index is 8.83. The highest BCUT2D eigenvalue weighted by molar-refractivity contribution is 5.42. The summed E-state index contributed by atoms with van der Waals surface area (Å²) in [6.07, 6.45) is 0. The Morgan fingerprint density at radius 3 is 3.21 bits per heavy atom. The first-order valence-corrected chi connectivity index (χ1v) is 4.22. The Morgan fingerprint density at radius 1 is 1.57 bits per heavy atom. The molecule has 0 spiro atoms. The summed E-state index contributed by atoms with van der Waals surface area (Å²) in [5, 5.41) is 26.8. The van der Waals surface area contributed by atoms with Crippen molar-refractivity contribution in [2.24, 2.45) is 0 Å². The van der Waals surface area contributed by atoms with Crippen LogP contribution in [0.1, 0.15) is 6.92 Å². The molecule has 2 heterocycles. The van der Waals surface area contributed by atoms with Gasteiger partial charge in [0.2, 0.25) is 0 Å². The van der Waals surface area contributed by atoms with Crippen molar-refractivity contribution >= 4 is 11.5 Å². The van der Waals surface area contributed by atoms with E-state index in [0.717, 1.165) is 0 Å². The molecule has 0 radical (unpaired) electrons. The second-order valence-corrected chi connectivity index (χ2v) is 2.97. The summed E-state index contributed by atoms with van der Waals surface area (Å²) in [7, 11) is 0. The zero-order valence-corrected chi connectivity index (χ0v) is 7.62. The Hall–Kier alpha value is -1.76. The predicted octanol–water partition coefficient (Wildman–Crippen LogP) is -0.688. The highest BCUT2D eigenvalue weighted by atomic mass is 16.3. The second-order valence-electron chi connectivity index (χ2n) is 2.97. The number of rotatable bonds is 3. The number of aromatic nitrogens is 5. The van der Waals surface area contributed by atoms with E-state index < -0.39 is 0 Å². The molecule has 2 N–H and O–H groups in total. The van der Waals surface area contributed by atoms with Crippen molar-refractivity contribution in [2.75, 3.05) is 11.9 Å². The standard InChI is InChI=1S/C7H10N6O/c1-5(4-14)8-6-2-3-7-9-11-12-13(7)10-6/h2-3,5,14H,4H2,1H3,(H,8,10). The average molecular weight is 194 g/mol. The third-order valence-corrected chi connectivity index (χ3v) is 1.74. The summed E-state index contributed by atoms with van der Waals surface area (Å²) < 4.78 is 1.33. The molecule has 2 rings (SSSR count). The van der Waals surface area contributed by atoms with Gasteiger partial charge in [-0.3, -0.25) is 0 Å². The number of tetrazole rings is 1. The van der Waals surface area contributed by atoms with Gasteiger partial charge in [-0.2, -0.15) is 0 Å². The van der Waals surface area contributed by atoms with E-state index in [9.17, 15) is 0 Å². The van der Waals surface area contributed by atoms with Gasteiger partial charge in [-0.15, -0.1) is 14.8 Å². The van der Waals surface area contributed by atoms with Crippen molar-refractivity contribution in [3.63, 3.8) is 0 Å². The Morgan fingerprint density at radius 2 is 2.43 bits per heavy atom. The van der Waals surface area contributed by atoms with Crippen molar-refractivity contribution in [2.45, 2.75) is 13.0 Å². The molecule has 0 aromatic carbocycles. The van der Waals surface area contributed by atoms with Gasteiger partial charge in [0.25, 0.3) is 0 Å². The van der Waals surface area contributed by atoms with Crippen molar-refractivity contribution in [1.82, 2.24) is 25.3 Å². The fourth-order valence-corrected chi connectivity index (χ4v) is 1.02. The summed E-state index contributed by atoms with van der Waals surface area (Å²) in [4.78, 5) is 0. The summed E-state index contributed by atoms with van der Waals surface area (Å²) >= 11 is 0. The summed E-state index contributed by atoms with van der Waals surface area (Å²) in [5.74, 6) is 0.631. The molecule has 2 aromatic heterocycles. The van der Waals surface area contributed by atoms with E-state index in [1.807, 2.05) is 6.92 Å². The van der Waals surface area contributed by atoms with Crippen LogP contribution >= 0.6 is 0 Å². The number of anilines is 1. The quantitative estimate of drug-likeness (QED) is 0.672. The maximum Gasteiger partial charge on any atom is 0.200 e. The van der Waals surface area contributed by atoms with Crippen LogP contribution in [0.5, 0.6) is 0 Å². The molecule has 7 nitrogen and oxygen atoms in total. The first kappa shape index (κ1) is 8.82. The number of hydrogen-bond acceptors (Lipinski definition) is 6. The Labute approximate surface area is 79.7 Å². The molecule has 2 aromatic rings. The maximum absolute atomic E-state index is 8.83. The number of aliphatic hydroxyl groups excluding tert-OH is 1. The summed E-state index contributed by atoms with van der Waals surface area (Å²) in [6, 6.07) is 3.47. The van der Waals surface area contributed by atoms with Crippen LogP contribution in [-0.4, -0.2) is 43.0 Å². The van der Waals surface area contributed by atoms with E-state index in [1.165, 1.54) is 4.63 Å². The van der Waals surface area contributed by atoms with Crippen LogP contribution in [0.25, 0.3) is 5.65 Å². The fraction of sp³-hybridized carbons (Fsp3) is 0.429. The number of aliphatic hydroxyl groups is 1. The van der Waals surface area contributed by atoms with E-state index in [-0.39, 0.29) is 12.6 Å². The normalized spacial score (nSPS) is 13.0. The lowest BCUT2D eigenvalue weighted by Gasteiger charge is -2.10. The van der Waals surface area contributed by atoms with E-state index in [1.54, 1.807) is 12.1 Å². The predicted molar refractivity (Wildman–Crippen MR) is 48.7 cm³/mol. The lowest BCUT2D eigenvalue weighted by atomic mass is 10.3. The largest absolute Gasteiger partial charge is 0.394 e. The van der Waals surface area contributed by atoms with E-state index in [2.05, 4.69) is 25.9 Å². The zero-order chi connectivity index (χ0) is 9.97. The van der Waals surface area contributed by atoms with Crippen molar-refractivity contribution < 1.29 is 5.11 Å². The van der Waals surface area contributed by atoms with E-state index in [4.69, 9.17) is 5.11 Å².